The molecule has 128 valence electrons. The molecule has 0 radical (unpaired) electrons. The number of carbonyl (C=O) groups is 1. The molecule has 0 saturated carbocycles. The summed E-state index contributed by atoms with van der Waals surface area (Å²) in [4.78, 5) is 20.8. The normalized spacial score (nSPS) is 10.3. The highest BCUT2D eigenvalue weighted by Crippen LogP contribution is 2.12. The summed E-state index contributed by atoms with van der Waals surface area (Å²) in [5.74, 6) is 1.12. The average Bonchev–Trinajstić information content (AvgIpc) is 2.59. The Morgan fingerprint density at radius 1 is 1.21 bits per heavy atom. The van der Waals surface area contributed by atoms with Crippen molar-refractivity contribution >= 4 is 11.9 Å². The van der Waals surface area contributed by atoms with E-state index >= 15 is 0 Å². The summed E-state index contributed by atoms with van der Waals surface area (Å²) in [6.45, 7) is 5.23. The Kier molecular flexibility index (Phi) is 6.54. The van der Waals surface area contributed by atoms with E-state index < -0.39 is 0 Å². The second-order valence-corrected chi connectivity index (χ2v) is 5.50. The average molecular weight is 328 g/mol. The Hall–Kier alpha value is -2.63. The fourth-order valence-electron chi connectivity index (χ4n) is 2.24. The summed E-state index contributed by atoms with van der Waals surface area (Å²) < 4.78 is 5.20. The second-order valence-electron chi connectivity index (χ2n) is 5.50. The van der Waals surface area contributed by atoms with Crippen LogP contribution in [-0.4, -0.2) is 36.1 Å². The lowest BCUT2D eigenvalue weighted by Crippen LogP contribution is -2.27. The Balaban J connectivity index is 1.93. The lowest BCUT2D eigenvalue weighted by molar-refractivity contribution is 0.0949. The van der Waals surface area contributed by atoms with Crippen molar-refractivity contribution in [3.8, 4) is 5.75 Å². The number of nitrogens with one attached hydrogen (secondary N) is 2. The number of aromatic nitrogens is 2. The van der Waals surface area contributed by atoms with Crippen LogP contribution in [0.4, 0.5) is 5.95 Å². The summed E-state index contributed by atoms with van der Waals surface area (Å²) in [5.41, 5.74) is 2.26. The van der Waals surface area contributed by atoms with Crippen LogP contribution >= 0.6 is 0 Å². The zero-order valence-corrected chi connectivity index (χ0v) is 14.4. The number of ether oxygens (including phenoxy) is 1. The van der Waals surface area contributed by atoms with Gasteiger partial charge in [0.2, 0.25) is 5.95 Å². The molecule has 2 rings (SSSR count). The van der Waals surface area contributed by atoms with E-state index in [0.717, 1.165) is 36.4 Å². The van der Waals surface area contributed by atoms with Gasteiger partial charge in [0.1, 0.15) is 11.4 Å². The van der Waals surface area contributed by atoms with Crippen LogP contribution in [0.2, 0.25) is 0 Å². The first-order valence-corrected chi connectivity index (χ1v) is 8.13. The summed E-state index contributed by atoms with van der Waals surface area (Å²) in [5, 5.41) is 6.01. The number of aryl methyl sites for hydroxylation is 1. The highest BCUT2D eigenvalue weighted by atomic mass is 16.5. The van der Waals surface area contributed by atoms with E-state index in [1.54, 1.807) is 13.2 Å². The molecule has 0 unspecified atom stereocenters. The van der Waals surface area contributed by atoms with Crippen LogP contribution in [0.5, 0.6) is 5.75 Å². The van der Waals surface area contributed by atoms with Crippen LogP contribution in [0.3, 0.4) is 0 Å². The zero-order chi connectivity index (χ0) is 17.4. The first-order chi connectivity index (χ1) is 11.6. The van der Waals surface area contributed by atoms with Gasteiger partial charge in [-0.05, 0) is 43.5 Å². The summed E-state index contributed by atoms with van der Waals surface area (Å²) >= 11 is 0. The van der Waals surface area contributed by atoms with Crippen molar-refractivity contribution in [2.75, 3.05) is 25.5 Å². The molecular formula is C18H24N4O2. The van der Waals surface area contributed by atoms with Crippen LogP contribution in [-0.2, 0) is 6.42 Å². The van der Waals surface area contributed by atoms with Gasteiger partial charge in [0, 0.05) is 18.8 Å². The molecule has 0 aliphatic rings. The van der Waals surface area contributed by atoms with Gasteiger partial charge in [-0.15, -0.1) is 0 Å². The number of nitrogens with zero attached hydrogens (tertiary/aromatic N) is 2. The number of rotatable bonds is 8. The standard InChI is InChI=1S/C18H24N4O2/c1-4-9-20-18-21-13(2)11-16(22-18)17(23)19-10-8-14-6-5-7-15(12-14)24-3/h5-7,11-12H,4,8-10H2,1-3H3,(H,19,23)(H,20,21,22). The molecule has 0 aliphatic carbocycles. The van der Waals surface area contributed by atoms with Gasteiger partial charge < -0.3 is 15.4 Å². The molecule has 0 bridgehead atoms. The number of hydrogen-bond donors (Lipinski definition) is 2. The van der Waals surface area contributed by atoms with Crippen LogP contribution in [0.15, 0.2) is 30.3 Å². The molecule has 1 aromatic carbocycles. The number of anilines is 1. The van der Waals surface area contributed by atoms with Gasteiger partial charge in [0.25, 0.3) is 5.91 Å². The van der Waals surface area contributed by atoms with E-state index in [1.807, 2.05) is 31.2 Å². The van der Waals surface area contributed by atoms with Gasteiger partial charge in [-0.25, -0.2) is 9.97 Å². The Morgan fingerprint density at radius 2 is 2.04 bits per heavy atom. The van der Waals surface area contributed by atoms with Crippen molar-refractivity contribution < 1.29 is 9.53 Å². The highest BCUT2D eigenvalue weighted by molar-refractivity contribution is 5.92. The van der Waals surface area contributed by atoms with E-state index in [1.165, 1.54) is 0 Å². The van der Waals surface area contributed by atoms with Crippen molar-refractivity contribution in [2.45, 2.75) is 26.7 Å². The number of amides is 1. The van der Waals surface area contributed by atoms with Crippen molar-refractivity contribution in [1.29, 1.82) is 0 Å². The minimum absolute atomic E-state index is 0.192. The van der Waals surface area contributed by atoms with Crippen molar-refractivity contribution in [2.24, 2.45) is 0 Å². The Morgan fingerprint density at radius 3 is 2.79 bits per heavy atom. The van der Waals surface area contributed by atoms with E-state index in [0.29, 0.717) is 18.2 Å². The molecule has 2 N–H and O–H groups in total. The molecular weight excluding hydrogens is 304 g/mol. The molecule has 0 aliphatic heterocycles. The van der Waals surface area contributed by atoms with E-state index in [4.69, 9.17) is 4.74 Å². The Bertz CT molecular complexity index is 688. The maximum absolute atomic E-state index is 12.3. The third-order valence-electron chi connectivity index (χ3n) is 3.45. The molecule has 6 nitrogen and oxygen atoms in total. The van der Waals surface area contributed by atoms with Crippen LogP contribution in [0.1, 0.15) is 35.1 Å². The van der Waals surface area contributed by atoms with Gasteiger partial charge in [0.05, 0.1) is 7.11 Å². The third-order valence-corrected chi connectivity index (χ3v) is 3.45. The molecule has 1 heterocycles. The SMILES string of the molecule is CCCNc1nc(C)cc(C(=O)NCCc2cccc(OC)c2)n1. The lowest BCUT2D eigenvalue weighted by Gasteiger charge is -2.09. The van der Waals surface area contributed by atoms with Gasteiger partial charge in [-0.2, -0.15) is 0 Å². The Labute approximate surface area is 142 Å². The fraction of sp³-hybridized carbons (Fsp3) is 0.389. The molecule has 0 fully saturated rings. The van der Waals surface area contributed by atoms with E-state index in [2.05, 4.69) is 27.5 Å². The molecule has 0 atom stereocenters. The molecule has 24 heavy (non-hydrogen) atoms. The van der Waals surface area contributed by atoms with Crippen molar-refractivity contribution in [3.63, 3.8) is 0 Å². The van der Waals surface area contributed by atoms with Gasteiger partial charge >= 0.3 is 0 Å². The first kappa shape index (κ1) is 17.7. The minimum atomic E-state index is -0.192. The predicted molar refractivity (Wildman–Crippen MR) is 94.6 cm³/mol. The van der Waals surface area contributed by atoms with E-state index in [-0.39, 0.29) is 5.91 Å². The van der Waals surface area contributed by atoms with Gasteiger partial charge in [-0.3, -0.25) is 4.79 Å². The summed E-state index contributed by atoms with van der Waals surface area (Å²) in [6.07, 6.45) is 1.70. The lowest BCUT2D eigenvalue weighted by atomic mass is 10.1. The summed E-state index contributed by atoms with van der Waals surface area (Å²) in [7, 11) is 1.64. The zero-order valence-electron chi connectivity index (χ0n) is 14.4. The number of carbonyl (C=O) groups excluding carboxylic acids is 1. The molecule has 1 aromatic heterocycles. The summed E-state index contributed by atoms with van der Waals surface area (Å²) in [6, 6.07) is 9.51. The van der Waals surface area contributed by atoms with Crippen LogP contribution < -0.4 is 15.4 Å². The maximum Gasteiger partial charge on any atom is 0.270 e. The smallest absolute Gasteiger partial charge is 0.270 e. The number of methoxy groups -OCH3 is 1. The van der Waals surface area contributed by atoms with Gasteiger partial charge in [0.15, 0.2) is 0 Å². The van der Waals surface area contributed by atoms with Crippen LogP contribution in [0, 0.1) is 6.92 Å². The first-order valence-electron chi connectivity index (χ1n) is 8.13. The van der Waals surface area contributed by atoms with Gasteiger partial charge in [-0.1, -0.05) is 19.1 Å². The molecule has 0 saturated heterocycles. The largest absolute Gasteiger partial charge is 0.497 e. The molecule has 1 amide bonds. The quantitative estimate of drug-likeness (QED) is 0.779. The number of benzene rings is 1. The van der Waals surface area contributed by atoms with E-state index in [9.17, 15) is 4.79 Å². The molecule has 6 heteroatoms. The number of hydrogen-bond acceptors (Lipinski definition) is 5. The minimum Gasteiger partial charge on any atom is -0.497 e. The van der Waals surface area contributed by atoms with Crippen molar-refractivity contribution in [1.82, 2.24) is 15.3 Å². The topological polar surface area (TPSA) is 76.1 Å². The third kappa shape index (κ3) is 5.22. The second kappa shape index (κ2) is 8.86. The maximum atomic E-state index is 12.3. The van der Waals surface area contributed by atoms with Crippen molar-refractivity contribution in [3.05, 3.63) is 47.3 Å². The monoisotopic (exact) mass is 328 g/mol. The predicted octanol–water partition coefficient (Wildman–Crippen LogP) is 2.59. The fourth-order valence-corrected chi connectivity index (χ4v) is 2.24. The molecule has 0 spiro atoms. The van der Waals surface area contributed by atoms with Crippen LogP contribution in [0.25, 0.3) is 0 Å². The highest BCUT2D eigenvalue weighted by Gasteiger charge is 2.10. The molecule has 2 aromatic rings.